The second kappa shape index (κ2) is 11.2. The number of benzene rings is 1. The Balaban J connectivity index is 2.03. The van der Waals surface area contributed by atoms with Crippen molar-refractivity contribution >= 4 is 29.4 Å². The number of carbonyl (C=O) groups is 3. The van der Waals surface area contributed by atoms with E-state index in [9.17, 15) is 14.4 Å². The minimum absolute atomic E-state index is 0.131. The number of nitrogens with zero attached hydrogens (tertiary/aromatic N) is 2. The summed E-state index contributed by atoms with van der Waals surface area (Å²) in [5.74, 6) is -0.320. The number of amides is 4. The van der Waals surface area contributed by atoms with Gasteiger partial charge in [-0.3, -0.25) is 14.9 Å². The number of anilines is 2. The maximum absolute atomic E-state index is 12.6. The van der Waals surface area contributed by atoms with E-state index in [-0.39, 0.29) is 18.0 Å². The van der Waals surface area contributed by atoms with Gasteiger partial charge in [0.2, 0.25) is 5.91 Å². The van der Waals surface area contributed by atoms with Crippen molar-refractivity contribution in [1.29, 1.82) is 5.26 Å². The van der Waals surface area contributed by atoms with Crippen LogP contribution in [0.15, 0.2) is 48.7 Å². The summed E-state index contributed by atoms with van der Waals surface area (Å²) in [6.07, 6.45) is 1.98. The molecule has 1 atom stereocenters. The van der Waals surface area contributed by atoms with Crippen LogP contribution in [0.1, 0.15) is 30.6 Å². The van der Waals surface area contributed by atoms with Gasteiger partial charge in [0.05, 0.1) is 6.07 Å². The van der Waals surface area contributed by atoms with Crippen molar-refractivity contribution in [3.8, 4) is 6.07 Å². The Kier molecular flexibility index (Phi) is 8.32. The molecule has 0 bridgehead atoms. The molecule has 30 heavy (non-hydrogen) atoms. The topological polar surface area (TPSA) is 136 Å². The highest BCUT2D eigenvalue weighted by Gasteiger charge is 2.22. The third kappa shape index (κ3) is 7.24. The zero-order valence-electron chi connectivity index (χ0n) is 16.8. The lowest BCUT2D eigenvalue weighted by Gasteiger charge is -2.19. The summed E-state index contributed by atoms with van der Waals surface area (Å²) in [6.45, 7) is 3.73. The van der Waals surface area contributed by atoms with Crippen LogP contribution in [0.4, 0.5) is 16.3 Å². The molecule has 9 heteroatoms. The van der Waals surface area contributed by atoms with Crippen LogP contribution in [0.2, 0.25) is 0 Å². The van der Waals surface area contributed by atoms with E-state index in [1.807, 2.05) is 19.9 Å². The highest BCUT2D eigenvalue weighted by molar-refractivity contribution is 6.01. The number of nitrogens with one attached hydrogen (secondary N) is 4. The lowest BCUT2D eigenvalue weighted by Crippen LogP contribution is -2.47. The molecular weight excluding hydrogens is 384 g/mol. The van der Waals surface area contributed by atoms with E-state index in [1.165, 1.54) is 6.07 Å². The van der Waals surface area contributed by atoms with Gasteiger partial charge in [-0.2, -0.15) is 5.26 Å². The second-order valence-corrected chi connectivity index (χ2v) is 6.91. The van der Waals surface area contributed by atoms with Crippen LogP contribution in [-0.4, -0.2) is 35.4 Å². The summed E-state index contributed by atoms with van der Waals surface area (Å²) in [7, 11) is 0. The Bertz CT molecular complexity index is 924. The molecule has 156 valence electrons. The first-order valence-corrected chi connectivity index (χ1v) is 9.43. The Hall–Kier alpha value is -3.93. The molecule has 2 aromatic rings. The molecule has 2 rings (SSSR count). The summed E-state index contributed by atoms with van der Waals surface area (Å²) in [5.41, 5.74) is 0.692. The summed E-state index contributed by atoms with van der Waals surface area (Å²) < 4.78 is 0. The number of pyridine rings is 1. The number of aromatic nitrogens is 1. The van der Waals surface area contributed by atoms with E-state index in [1.54, 1.807) is 42.6 Å². The third-order valence-corrected chi connectivity index (χ3v) is 3.96. The first kappa shape index (κ1) is 22.4. The Morgan fingerprint density at radius 3 is 2.57 bits per heavy atom. The monoisotopic (exact) mass is 408 g/mol. The van der Waals surface area contributed by atoms with Crippen molar-refractivity contribution in [1.82, 2.24) is 15.6 Å². The van der Waals surface area contributed by atoms with Gasteiger partial charge in [-0.05, 0) is 42.7 Å². The normalized spacial score (nSPS) is 11.1. The van der Waals surface area contributed by atoms with E-state index < -0.39 is 23.9 Å². The fraction of sp³-hybridized carbons (Fsp3) is 0.286. The molecule has 9 nitrogen and oxygen atoms in total. The Morgan fingerprint density at radius 2 is 1.90 bits per heavy atom. The molecule has 0 saturated heterocycles. The highest BCUT2D eigenvalue weighted by atomic mass is 16.2. The van der Waals surface area contributed by atoms with Crippen molar-refractivity contribution < 1.29 is 14.4 Å². The molecular formula is C21H24N6O3. The fourth-order valence-electron chi connectivity index (χ4n) is 2.65. The lowest BCUT2D eigenvalue weighted by atomic mass is 10.0. The molecule has 0 aliphatic rings. The molecule has 0 aliphatic carbocycles. The van der Waals surface area contributed by atoms with Crippen molar-refractivity contribution in [2.24, 2.45) is 5.92 Å². The van der Waals surface area contributed by atoms with Crippen molar-refractivity contribution in [2.75, 3.05) is 17.2 Å². The molecule has 1 unspecified atom stereocenters. The number of hydrogen-bond acceptors (Lipinski definition) is 5. The van der Waals surface area contributed by atoms with Gasteiger partial charge in [-0.1, -0.05) is 26.0 Å². The first-order chi connectivity index (χ1) is 14.4. The van der Waals surface area contributed by atoms with Gasteiger partial charge in [0.15, 0.2) is 0 Å². The quantitative estimate of drug-likeness (QED) is 0.498. The molecule has 1 aromatic heterocycles. The predicted octanol–water partition coefficient (Wildman–Crippen LogP) is 2.51. The van der Waals surface area contributed by atoms with Gasteiger partial charge in [0, 0.05) is 17.4 Å². The van der Waals surface area contributed by atoms with E-state index in [2.05, 4.69) is 26.3 Å². The van der Waals surface area contributed by atoms with Gasteiger partial charge in [-0.15, -0.1) is 0 Å². The number of hydrogen-bond donors (Lipinski definition) is 4. The summed E-state index contributed by atoms with van der Waals surface area (Å²) in [5, 5.41) is 19.0. The molecule has 4 amide bonds. The zero-order chi connectivity index (χ0) is 21.9. The van der Waals surface area contributed by atoms with Gasteiger partial charge >= 0.3 is 6.03 Å². The molecule has 0 radical (unpaired) electrons. The number of nitriles is 1. The van der Waals surface area contributed by atoms with Crippen LogP contribution in [0.3, 0.4) is 0 Å². The Morgan fingerprint density at radius 1 is 1.10 bits per heavy atom. The average molecular weight is 408 g/mol. The van der Waals surface area contributed by atoms with Crippen LogP contribution in [0.25, 0.3) is 0 Å². The first-order valence-electron chi connectivity index (χ1n) is 9.43. The van der Waals surface area contributed by atoms with Crippen molar-refractivity contribution in [3.63, 3.8) is 0 Å². The largest absolute Gasteiger partial charge is 0.341 e. The van der Waals surface area contributed by atoms with Gasteiger partial charge < -0.3 is 16.0 Å². The van der Waals surface area contributed by atoms with E-state index in [0.29, 0.717) is 17.9 Å². The van der Waals surface area contributed by atoms with E-state index >= 15 is 0 Å². The lowest BCUT2D eigenvalue weighted by molar-refractivity contribution is -0.123. The zero-order valence-corrected chi connectivity index (χ0v) is 16.8. The minimum Gasteiger partial charge on any atom is -0.341 e. The van der Waals surface area contributed by atoms with Crippen molar-refractivity contribution in [2.45, 2.75) is 26.3 Å². The van der Waals surface area contributed by atoms with E-state index in [0.717, 1.165) is 0 Å². The second-order valence-electron chi connectivity index (χ2n) is 6.91. The number of rotatable bonds is 8. The molecule has 0 fully saturated rings. The summed E-state index contributed by atoms with van der Waals surface area (Å²) in [4.78, 5) is 41.0. The molecule has 0 aliphatic heterocycles. The predicted molar refractivity (Wildman–Crippen MR) is 113 cm³/mol. The minimum atomic E-state index is -0.769. The van der Waals surface area contributed by atoms with Gasteiger partial charge in [-0.25, -0.2) is 9.78 Å². The van der Waals surface area contributed by atoms with Crippen LogP contribution >= 0.6 is 0 Å². The molecule has 1 aromatic carbocycles. The maximum Gasteiger partial charge on any atom is 0.324 e. The Labute approximate surface area is 174 Å². The average Bonchev–Trinajstić information content (AvgIpc) is 2.72. The fourth-order valence-corrected chi connectivity index (χ4v) is 2.65. The smallest absolute Gasteiger partial charge is 0.324 e. The summed E-state index contributed by atoms with van der Waals surface area (Å²) in [6, 6.07) is 12.0. The third-order valence-electron chi connectivity index (χ3n) is 3.96. The van der Waals surface area contributed by atoms with Gasteiger partial charge in [0.25, 0.3) is 5.91 Å². The van der Waals surface area contributed by atoms with E-state index in [4.69, 9.17) is 5.26 Å². The number of carbonyl (C=O) groups excluding carboxylic acids is 3. The standard InChI is InChI=1S/C21H24N6O3/c1-14(2)12-17(20(29)24-11-9-22)26-19(28)15-6-5-7-16(13-15)25-21(30)27-18-8-3-4-10-23-18/h3-8,10,13-14,17H,11-12H2,1-2H3,(H,24,29)(H,26,28)(H2,23,25,27,30). The molecule has 0 saturated carbocycles. The van der Waals surface area contributed by atoms with Crippen LogP contribution in [-0.2, 0) is 4.79 Å². The van der Waals surface area contributed by atoms with Crippen LogP contribution in [0.5, 0.6) is 0 Å². The van der Waals surface area contributed by atoms with Crippen molar-refractivity contribution in [3.05, 3.63) is 54.2 Å². The SMILES string of the molecule is CC(C)CC(NC(=O)c1cccc(NC(=O)Nc2ccccn2)c1)C(=O)NCC#N. The van der Waals surface area contributed by atoms with Crippen LogP contribution < -0.4 is 21.3 Å². The summed E-state index contributed by atoms with van der Waals surface area (Å²) >= 11 is 0. The number of urea groups is 1. The maximum atomic E-state index is 12.6. The highest BCUT2D eigenvalue weighted by Crippen LogP contribution is 2.13. The van der Waals surface area contributed by atoms with Crippen LogP contribution in [0, 0.1) is 17.2 Å². The molecule has 4 N–H and O–H groups in total. The molecule has 1 heterocycles. The van der Waals surface area contributed by atoms with Gasteiger partial charge in [0.1, 0.15) is 18.4 Å². The molecule has 0 spiro atoms.